The van der Waals surface area contributed by atoms with Crippen molar-refractivity contribution >= 4 is 28.6 Å². The van der Waals surface area contributed by atoms with E-state index in [1.165, 1.54) is 0 Å². The maximum Gasteiger partial charge on any atom is 0.0795 e. The van der Waals surface area contributed by atoms with E-state index in [-0.39, 0.29) is 0 Å². The Labute approximate surface area is 116 Å². The molecule has 3 nitrogen and oxygen atoms in total. The summed E-state index contributed by atoms with van der Waals surface area (Å²) in [5.74, 6) is 0. The van der Waals surface area contributed by atoms with Crippen LogP contribution in [0.25, 0.3) is 0 Å². The average Bonchev–Trinajstić information content (AvgIpc) is 2.84. The Morgan fingerprint density at radius 1 is 1.44 bits per heavy atom. The highest BCUT2D eigenvalue weighted by atomic mass is 35.5. The van der Waals surface area contributed by atoms with Gasteiger partial charge in [-0.2, -0.15) is 0 Å². The second-order valence-corrected chi connectivity index (χ2v) is 5.28. The van der Waals surface area contributed by atoms with Crippen LogP contribution in [0.15, 0.2) is 29.1 Å². The van der Waals surface area contributed by atoms with Gasteiger partial charge in [0.2, 0.25) is 0 Å². The summed E-state index contributed by atoms with van der Waals surface area (Å²) in [6.07, 6.45) is 0.814. The number of thiazole rings is 1. The molecule has 2 aromatic rings. The normalized spacial score (nSPS) is 10.6. The molecule has 1 aromatic carbocycles. The van der Waals surface area contributed by atoms with E-state index in [1.807, 2.05) is 24.7 Å². The van der Waals surface area contributed by atoms with Crippen molar-refractivity contribution in [3.63, 3.8) is 0 Å². The first-order valence-corrected chi connectivity index (χ1v) is 7.09. The first-order chi connectivity index (χ1) is 8.70. The van der Waals surface area contributed by atoms with E-state index in [0.29, 0.717) is 6.54 Å². The summed E-state index contributed by atoms with van der Waals surface area (Å²) in [6, 6.07) is 6.10. The van der Waals surface area contributed by atoms with Crippen molar-refractivity contribution in [1.82, 2.24) is 4.98 Å². The molecule has 0 unspecified atom stereocenters. The van der Waals surface area contributed by atoms with Gasteiger partial charge in [0, 0.05) is 23.1 Å². The molecule has 18 heavy (non-hydrogen) atoms. The van der Waals surface area contributed by atoms with Crippen LogP contribution in [-0.4, -0.2) is 18.6 Å². The van der Waals surface area contributed by atoms with Crippen LogP contribution >= 0.6 is 22.9 Å². The van der Waals surface area contributed by atoms with Gasteiger partial charge >= 0.3 is 0 Å². The summed E-state index contributed by atoms with van der Waals surface area (Å²) < 4.78 is 0. The van der Waals surface area contributed by atoms with Gasteiger partial charge in [-0.3, -0.25) is 0 Å². The van der Waals surface area contributed by atoms with Gasteiger partial charge in [0.15, 0.2) is 0 Å². The maximum atomic E-state index is 6.24. The number of anilines is 1. The maximum absolute atomic E-state index is 6.24. The van der Waals surface area contributed by atoms with E-state index in [4.69, 9.17) is 17.3 Å². The number of hydrogen-bond acceptors (Lipinski definition) is 4. The Morgan fingerprint density at radius 3 is 2.89 bits per heavy atom. The molecule has 0 atom stereocenters. The molecule has 2 rings (SSSR count). The standard InChI is InChI=1S/C13H16ClN3S/c1-17(7-11-8-18-9-16-11)12-3-2-10(4-5-15)13(14)6-12/h2-3,6,8-9H,4-5,7,15H2,1H3. The summed E-state index contributed by atoms with van der Waals surface area (Å²) in [4.78, 5) is 6.41. The average molecular weight is 282 g/mol. The van der Waals surface area contributed by atoms with Crippen molar-refractivity contribution in [1.29, 1.82) is 0 Å². The van der Waals surface area contributed by atoms with Crippen LogP contribution in [0.5, 0.6) is 0 Å². The summed E-state index contributed by atoms with van der Waals surface area (Å²) in [5, 5.41) is 2.84. The Balaban J connectivity index is 2.11. The molecule has 2 N–H and O–H groups in total. The summed E-state index contributed by atoms with van der Waals surface area (Å²) >= 11 is 7.85. The minimum absolute atomic E-state index is 0.619. The number of rotatable bonds is 5. The van der Waals surface area contributed by atoms with Crippen LogP contribution in [-0.2, 0) is 13.0 Å². The molecule has 0 saturated carbocycles. The molecule has 0 spiro atoms. The number of nitrogens with two attached hydrogens (primary N) is 1. The van der Waals surface area contributed by atoms with Crippen LogP contribution < -0.4 is 10.6 Å². The lowest BCUT2D eigenvalue weighted by molar-refractivity contribution is 0.893. The van der Waals surface area contributed by atoms with Crippen molar-refractivity contribution in [2.75, 3.05) is 18.5 Å². The molecule has 0 aliphatic carbocycles. The third-order valence-corrected chi connectivity index (χ3v) is 3.76. The molecule has 0 fully saturated rings. The van der Waals surface area contributed by atoms with E-state index in [1.54, 1.807) is 11.3 Å². The first kappa shape index (κ1) is 13.3. The zero-order valence-electron chi connectivity index (χ0n) is 10.3. The lowest BCUT2D eigenvalue weighted by atomic mass is 10.1. The van der Waals surface area contributed by atoms with E-state index < -0.39 is 0 Å². The number of aromatic nitrogens is 1. The van der Waals surface area contributed by atoms with E-state index in [2.05, 4.69) is 21.3 Å². The highest BCUT2D eigenvalue weighted by molar-refractivity contribution is 7.07. The fraction of sp³-hybridized carbons (Fsp3) is 0.308. The van der Waals surface area contributed by atoms with Crippen LogP contribution in [0.3, 0.4) is 0 Å². The van der Waals surface area contributed by atoms with Gasteiger partial charge in [-0.1, -0.05) is 17.7 Å². The smallest absolute Gasteiger partial charge is 0.0795 e. The molecule has 0 bridgehead atoms. The van der Waals surface area contributed by atoms with Gasteiger partial charge in [0.25, 0.3) is 0 Å². The molecule has 5 heteroatoms. The third-order valence-electron chi connectivity index (χ3n) is 2.77. The van der Waals surface area contributed by atoms with Gasteiger partial charge in [0.1, 0.15) is 0 Å². The van der Waals surface area contributed by atoms with E-state index >= 15 is 0 Å². The Bertz CT molecular complexity index is 499. The zero-order valence-corrected chi connectivity index (χ0v) is 11.8. The predicted molar refractivity (Wildman–Crippen MR) is 78.4 cm³/mol. The number of hydrogen-bond donors (Lipinski definition) is 1. The third kappa shape index (κ3) is 3.22. The molecule has 1 heterocycles. The summed E-state index contributed by atoms with van der Waals surface area (Å²) in [7, 11) is 2.04. The number of nitrogens with zero attached hydrogens (tertiary/aromatic N) is 2. The molecule has 0 aliphatic heterocycles. The van der Waals surface area contributed by atoms with Crippen LogP contribution in [0.1, 0.15) is 11.3 Å². The van der Waals surface area contributed by atoms with Crippen LogP contribution in [0.2, 0.25) is 5.02 Å². The molecular weight excluding hydrogens is 266 g/mol. The first-order valence-electron chi connectivity index (χ1n) is 5.77. The second-order valence-electron chi connectivity index (χ2n) is 4.15. The topological polar surface area (TPSA) is 42.2 Å². The summed E-state index contributed by atoms with van der Waals surface area (Å²) in [6.45, 7) is 1.41. The lowest BCUT2D eigenvalue weighted by Gasteiger charge is -2.19. The molecule has 96 valence electrons. The molecule has 0 aliphatic rings. The van der Waals surface area contributed by atoms with Crippen LogP contribution in [0.4, 0.5) is 5.69 Å². The van der Waals surface area contributed by atoms with Crippen molar-refractivity contribution in [2.24, 2.45) is 5.73 Å². The second kappa shape index (κ2) is 6.18. The van der Waals surface area contributed by atoms with Crippen molar-refractivity contribution in [3.8, 4) is 0 Å². The van der Waals surface area contributed by atoms with Gasteiger partial charge in [0.05, 0.1) is 17.7 Å². The Morgan fingerprint density at radius 2 is 2.28 bits per heavy atom. The van der Waals surface area contributed by atoms with Gasteiger partial charge in [-0.25, -0.2) is 4.98 Å². The van der Waals surface area contributed by atoms with E-state index in [9.17, 15) is 0 Å². The quantitative estimate of drug-likeness (QED) is 0.916. The Kier molecular flexibility index (Phi) is 4.58. The SMILES string of the molecule is CN(Cc1cscn1)c1ccc(CCN)c(Cl)c1. The zero-order chi connectivity index (χ0) is 13.0. The molecule has 0 saturated heterocycles. The van der Waals surface area contributed by atoms with E-state index in [0.717, 1.165) is 34.9 Å². The minimum Gasteiger partial charge on any atom is -0.369 e. The monoisotopic (exact) mass is 281 g/mol. The van der Waals surface area contributed by atoms with Gasteiger partial charge in [-0.15, -0.1) is 11.3 Å². The minimum atomic E-state index is 0.619. The van der Waals surface area contributed by atoms with Crippen molar-refractivity contribution in [3.05, 3.63) is 45.4 Å². The predicted octanol–water partition coefficient (Wildman–Crippen LogP) is 2.93. The Hall–Kier alpha value is -1.10. The largest absolute Gasteiger partial charge is 0.369 e. The molecular formula is C13H16ClN3S. The summed E-state index contributed by atoms with van der Waals surface area (Å²) in [5.41, 5.74) is 10.7. The van der Waals surface area contributed by atoms with Gasteiger partial charge < -0.3 is 10.6 Å². The molecule has 0 radical (unpaired) electrons. The molecule has 0 amide bonds. The molecule has 1 aromatic heterocycles. The fourth-order valence-electron chi connectivity index (χ4n) is 1.78. The van der Waals surface area contributed by atoms with Gasteiger partial charge in [-0.05, 0) is 30.7 Å². The fourth-order valence-corrected chi connectivity index (χ4v) is 2.60. The highest BCUT2D eigenvalue weighted by Crippen LogP contribution is 2.24. The van der Waals surface area contributed by atoms with Crippen LogP contribution in [0, 0.1) is 0 Å². The highest BCUT2D eigenvalue weighted by Gasteiger charge is 2.06. The van der Waals surface area contributed by atoms with Crippen molar-refractivity contribution < 1.29 is 0 Å². The number of benzene rings is 1. The number of halogens is 1. The lowest BCUT2D eigenvalue weighted by Crippen LogP contribution is -2.16. The van der Waals surface area contributed by atoms with Crippen molar-refractivity contribution in [2.45, 2.75) is 13.0 Å².